The predicted octanol–water partition coefficient (Wildman–Crippen LogP) is 6.14. The molecule has 5 heterocycles. The largest absolute Gasteiger partial charge is 0.454 e. The number of benzene rings is 4. The SMILES string of the molecule is O=C(c1ccc2c(c1)OCO2)[C@H]1[C@H](C(=O)c2cc3ccccc3o2)[C@@]2(C(=O)Nc3ccccc32)[C@H]2c3ccccc3C=CN12. The first-order chi connectivity index (χ1) is 21.6. The van der Waals surface area contributed by atoms with Gasteiger partial charge in [0.2, 0.25) is 18.5 Å². The van der Waals surface area contributed by atoms with Gasteiger partial charge < -0.3 is 24.1 Å². The van der Waals surface area contributed by atoms with Crippen molar-refractivity contribution >= 4 is 40.2 Å². The lowest BCUT2D eigenvalue weighted by atomic mass is 9.63. The summed E-state index contributed by atoms with van der Waals surface area (Å²) in [4.78, 5) is 46.3. The summed E-state index contributed by atoms with van der Waals surface area (Å²) in [6.45, 7) is 0.0668. The van der Waals surface area contributed by atoms with Gasteiger partial charge in [-0.3, -0.25) is 14.4 Å². The minimum atomic E-state index is -1.44. The molecule has 44 heavy (non-hydrogen) atoms. The summed E-state index contributed by atoms with van der Waals surface area (Å²) in [6.07, 6.45) is 3.79. The average molecular weight is 581 g/mol. The number of hydrogen-bond donors (Lipinski definition) is 1. The fraction of sp³-hybridized carbons (Fsp3) is 0.139. The standard InChI is InChI=1S/C36H24N2O6/c39-32(22-13-14-27-28(18-22)43-19-42-27)31-30(33(40)29-17-21-8-2-6-12-26(21)44-29)36(24-10-4-5-11-25(24)37-35(36)41)34-23-9-3-1-7-20(23)15-16-38(31)34/h1-18,30-31,34H,19H2,(H,37,41)/t30-,31-,34-,36-/m1/s1. The van der Waals surface area contributed by atoms with Crippen LogP contribution < -0.4 is 14.8 Å². The van der Waals surface area contributed by atoms with Crippen molar-refractivity contribution in [2.45, 2.75) is 17.5 Å². The summed E-state index contributed by atoms with van der Waals surface area (Å²) in [7, 11) is 0. The minimum Gasteiger partial charge on any atom is -0.454 e. The second kappa shape index (κ2) is 8.94. The van der Waals surface area contributed by atoms with E-state index in [1.54, 1.807) is 30.3 Å². The van der Waals surface area contributed by atoms with Crippen molar-refractivity contribution in [3.63, 3.8) is 0 Å². The van der Waals surface area contributed by atoms with Crippen molar-refractivity contribution in [1.82, 2.24) is 4.90 Å². The molecule has 4 aromatic carbocycles. The lowest BCUT2D eigenvalue weighted by Crippen LogP contribution is -2.49. The number of Topliss-reactive ketones (excluding diaryl/α,β-unsaturated/α-hetero) is 2. The molecule has 0 radical (unpaired) electrons. The van der Waals surface area contributed by atoms with Crippen LogP contribution in [0.25, 0.3) is 17.0 Å². The molecule has 1 amide bonds. The molecule has 1 spiro atoms. The van der Waals surface area contributed by atoms with Crippen LogP contribution in [0.4, 0.5) is 5.69 Å². The zero-order valence-electron chi connectivity index (χ0n) is 23.2. The van der Waals surface area contributed by atoms with Crippen molar-refractivity contribution in [1.29, 1.82) is 0 Å². The molecule has 1 fully saturated rings. The van der Waals surface area contributed by atoms with Gasteiger partial charge in [-0.15, -0.1) is 0 Å². The lowest BCUT2D eigenvalue weighted by Gasteiger charge is -2.38. The first-order valence-electron chi connectivity index (χ1n) is 14.5. The van der Waals surface area contributed by atoms with Gasteiger partial charge in [-0.1, -0.05) is 60.7 Å². The molecule has 0 saturated carbocycles. The van der Waals surface area contributed by atoms with E-state index in [-0.39, 0.29) is 24.2 Å². The molecule has 4 aliphatic heterocycles. The Hall–Kier alpha value is -5.63. The minimum absolute atomic E-state index is 0.0668. The number of rotatable bonds is 4. The van der Waals surface area contributed by atoms with Gasteiger partial charge in [0, 0.05) is 22.8 Å². The van der Waals surface area contributed by atoms with E-state index in [1.165, 1.54) is 0 Å². The van der Waals surface area contributed by atoms with Crippen LogP contribution in [0.2, 0.25) is 0 Å². The maximum atomic E-state index is 15.0. The Morgan fingerprint density at radius 1 is 0.841 bits per heavy atom. The van der Waals surface area contributed by atoms with Gasteiger partial charge in [-0.25, -0.2) is 0 Å². The van der Waals surface area contributed by atoms with E-state index in [2.05, 4.69) is 5.32 Å². The Morgan fingerprint density at radius 3 is 2.55 bits per heavy atom. The number of amides is 1. The first-order valence-corrected chi connectivity index (χ1v) is 14.5. The van der Waals surface area contributed by atoms with Crippen LogP contribution in [0.1, 0.15) is 43.6 Å². The number of nitrogens with one attached hydrogen (secondary N) is 1. The normalized spacial score (nSPS) is 23.9. The number of nitrogens with zero attached hydrogens (tertiary/aromatic N) is 1. The molecular formula is C36H24N2O6. The number of fused-ring (bicyclic) bond motifs is 8. The van der Waals surface area contributed by atoms with E-state index < -0.39 is 29.2 Å². The quantitative estimate of drug-likeness (QED) is 0.255. The van der Waals surface area contributed by atoms with E-state index in [0.29, 0.717) is 33.9 Å². The molecule has 0 aliphatic carbocycles. The monoisotopic (exact) mass is 580 g/mol. The Labute approximate surface area is 251 Å². The number of carbonyl (C=O) groups is 3. The van der Waals surface area contributed by atoms with Gasteiger partial charge in [-0.2, -0.15) is 0 Å². The van der Waals surface area contributed by atoms with Gasteiger partial charge >= 0.3 is 0 Å². The highest BCUT2D eigenvalue weighted by molar-refractivity contribution is 6.16. The van der Waals surface area contributed by atoms with Gasteiger partial charge in [-0.05, 0) is 59.2 Å². The third-order valence-corrected chi connectivity index (χ3v) is 9.45. The van der Waals surface area contributed by atoms with Crippen LogP contribution in [0.3, 0.4) is 0 Å². The molecule has 4 aliphatic rings. The van der Waals surface area contributed by atoms with E-state index in [4.69, 9.17) is 13.9 Å². The third-order valence-electron chi connectivity index (χ3n) is 9.45. The van der Waals surface area contributed by atoms with E-state index >= 15 is 4.79 Å². The molecule has 214 valence electrons. The summed E-state index contributed by atoms with van der Waals surface area (Å²) in [5.74, 6) is -1.06. The summed E-state index contributed by atoms with van der Waals surface area (Å²) in [5, 5.41) is 3.83. The smallest absolute Gasteiger partial charge is 0.238 e. The fourth-order valence-corrected chi connectivity index (χ4v) is 7.64. The molecule has 0 unspecified atom stereocenters. The summed E-state index contributed by atoms with van der Waals surface area (Å²) < 4.78 is 17.2. The first kappa shape index (κ1) is 24.9. The molecule has 9 rings (SSSR count). The zero-order chi connectivity index (χ0) is 29.6. The lowest BCUT2D eigenvalue weighted by molar-refractivity contribution is -0.122. The molecular weight excluding hydrogens is 556 g/mol. The van der Waals surface area contributed by atoms with Crippen molar-refractivity contribution in [3.05, 3.63) is 131 Å². The van der Waals surface area contributed by atoms with Crippen LogP contribution in [0, 0.1) is 5.92 Å². The fourth-order valence-electron chi connectivity index (χ4n) is 7.64. The zero-order valence-corrected chi connectivity index (χ0v) is 23.2. The van der Waals surface area contributed by atoms with E-state index in [9.17, 15) is 9.59 Å². The Balaban J connectivity index is 1.32. The number of carbonyl (C=O) groups excluding carboxylic acids is 3. The van der Waals surface area contributed by atoms with Gasteiger partial charge in [0.15, 0.2) is 23.0 Å². The predicted molar refractivity (Wildman–Crippen MR) is 162 cm³/mol. The highest BCUT2D eigenvalue weighted by atomic mass is 16.7. The van der Waals surface area contributed by atoms with Crippen LogP contribution >= 0.6 is 0 Å². The Bertz CT molecular complexity index is 2060. The summed E-state index contributed by atoms with van der Waals surface area (Å²) in [5.41, 5.74) is 2.58. The highest BCUT2D eigenvalue weighted by Crippen LogP contribution is 2.62. The molecule has 8 heteroatoms. The number of ketones is 2. The summed E-state index contributed by atoms with van der Waals surface area (Å²) in [6, 6.07) is 27.7. The van der Waals surface area contributed by atoms with Crippen LogP contribution in [0.15, 0.2) is 108 Å². The van der Waals surface area contributed by atoms with Crippen molar-refractivity contribution in [3.8, 4) is 11.5 Å². The number of hydrogen-bond acceptors (Lipinski definition) is 7. The van der Waals surface area contributed by atoms with Crippen LogP contribution in [0.5, 0.6) is 11.5 Å². The molecule has 8 nitrogen and oxygen atoms in total. The molecule has 1 aromatic heterocycles. The number of anilines is 1. The third kappa shape index (κ3) is 3.19. The topological polar surface area (TPSA) is 98.1 Å². The second-order valence-corrected chi connectivity index (χ2v) is 11.5. The maximum Gasteiger partial charge on any atom is 0.238 e. The van der Waals surface area contributed by atoms with Gasteiger partial charge in [0.25, 0.3) is 0 Å². The molecule has 0 bridgehead atoms. The van der Waals surface area contributed by atoms with Gasteiger partial charge in [0.05, 0.1) is 12.0 Å². The molecule has 1 N–H and O–H groups in total. The maximum absolute atomic E-state index is 15.0. The second-order valence-electron chi connectivity index (χ2n) is 11.5. The average Bonchev–Trinajstić information content (AvgIpc) is 3.83. The van der Waals surface area contributed by atoms with Crippen molar-refractivity contribution in [2.75, 3.05) is 12.1 Å². The van der Waals surface area contributed by atoms with Crippen LogP contribution in [-0.4, -0.2) is 35.2 Å². The molecule has 1 saturated heterocycles. The van der Waals surface area contributed by atoms with E-state index in [1.807, 2.05) is 83.9 Å². The molecule has 5 aromatic rings. The Morgan fingerprint density at radius 2 is 1.64 bits per heavy atom. The van der Waals surface area contributed by atoms with Gasteiger partial charge in [0.1, 0.15) is 17.0 Å². The number of furan rings is 1. The number of ether oxygens (including phenoxy) is 2. The van der Waals surface area contributed by atoms with E-state index in [0.717, 1.165) is 16.5 Å². The molecule has 4 atom stereocenters. The number of para-hydroxylation sites is 2. The Kier molecular flexibility index (Phi) is 5.06. The van der Waals surface area contributed by atoms with Crippen molar-refractivity contribution < 1.29 is 28.3 Å². The van der Waals surface area contributed by atoms with Crippen LogP contribution in [-0.2, 0) is 10.2 Å². The van der Waals surface area contributed by atoms with Crippen molar-refractivity contribution in [2.24, 2.45) is 5.92 Å². The summed E-state index contributed by atoms with van der Waals surface area (Å²) >= 11 is 0. The highest BCUT2D eigenvalue weighted by Gasteiger charge is 2.71.